The van der Waals surface area contributed by atoms with E-state index in [9.17, 15) is 9.59 Å². The number of aromatic carboxylic acids is 1. The number of amides is 1. The van der Waals surface area contributed by atoms with E-state index in [4.69, 9.17) is 9.84 Å². The van der Waals surface area contributed by atoms with E-state index in [1.165, 1.54) is 0 Å². The minimum absolute atomic E-state index is 0.206. The van der Waals surface area contributed by atoms with E-state index in [-0.39, 0.29) is 37.6 Å². The number of piperidine rings is 1. The van der Waals surface area contributed by atoms with Gasteiger partial charge in [-0.2, -0.15) is 0 Å². The molecular formula is C24H27FN2O4. The van der Waals surface area contributed by atoms with Crippen LogP contribution in [0.3, 0.4) is 0 Å². The van der Waals surface area contributed by atoms with E-state index >= 15 is 4.39 Å². The van der Waals surface area contributed by atoms with Gasteiger partial charge in [0, 0.05) is 44.4 Å². The van der Waals surface area contributed by atoms with Gasteiger partial charge in [-0.3, -0.25) is 0 Å². The maximum Gasteiger partial charge on any atom is 0.410 e. The molecule has 1 saturated heterocycles. The van der Waals surface area contributed by atoms with Crippen molar-refractivity contribution in [1.29, 1.82) is 0 Å². The first-order valence-corrected chi connectivity index (χ1v) is 10.6. The molecule has 2 atom stereocenters. The fraction of sp³-hybridized carbons (Fsp3) is 0.417. The zero-order valence-corrected chi connectivity index (χ0v) is 17.3. The van der Waals surface area contributed by atoms with Crippen molar-refractivity contribution in [3.63, 3.8) is 0 Å². The molecule has 1 saturated carbocycles. The van der Waals surface area contributed by atoms with Gasteiger partial charge in [0.15, 0.2) is 0 Å². The summed E-state index contributed by atoms with van der Waals surface area (Å²) in [7, 11) is 0. The molecule has 2 aliphatic rings. The summed E-state index contributed by atoms with van der Waals surface area (Å²) in [6.45, 7) is 1.16. The van der Waals surface area contributed by atoms with Crippen LogP contribution >= 0.6 is 0 Å². The number of carbonyl (C=O) groups excluding carboxylic acids is 1. The molecule has 1 amide bonds. The molecule has 2 unspecified atom stereocenters. The molecule has 2 fully saturated rings. The largest absolute Gasteiger partial charge is 0.478 e. The Balaban J connectivity index is 1.19. The first-order valence-electron chi connectivity index (χ1n) is 10.6. The van der Waals surface area contributed by atoms with Crippen molar-refractivity contribution >= 4 is 12.1 Å². The third-order valence-electron chi connectivity index (χ3n) is 6.18. The number of alkyl halides is 1. The van der Waals surface area contributed by atoms with Gasteiger partial charge in [0.1, 0.15) is 12.3 Å². The Labute approximate surface area is 181 Å². The van der Waals surface area contributed by atoms with Gasteiger partial charge in [-0.05, 0) is 29.7 Å². The Bertz CT molecular complexity index is 911. The third-order valence-corrected chi connectivity index (χ3v) is 6.18. The minimum Gasteiger partial charge on any atom is -0.478 e. The summed E-state index contributed by atoms with van der Waals surface area (Å²) in [5, 5.41) is 12.3. The second-order valence-electron chi connectivity index (χ2n) is 8.43. The van der Waals surface area contributed by atoms with Crippen LogP contribution in [-0.2, 0) is 11.3 Å². The van der Waals surface area contributed by atoms with Gasteiger partial charge in [0.2, 0.25) is 0 Å². The van der Waals surface area contributed by atoms with Crippen molar-refractivity contribution in [2.24, 2.45) is 0 Å². The summed E-state index contributed by atoms with van der Waals surface area (Å²) in [6, 6.07) is 16.6. The highest BCUT2D eigenvalue weighted by Crippen LogP contribution is 2.41. The van der Waals surface area contributed by atoms with E-state index in [1.807, 2.05) is 42.5 Å². The predicted octanol–water partition coefficient (Wildman–Crippen LogP) is 3.97. The first kappa shape index (κ1) is 21.3. The molecule has 2 N–H and O–H groups in total. The van der Waals surface area contributed by atoms with Gasteiger partial charge in [-0.15, -0.1) is 0 Å². The van der Waals surface area contributed by atoms with Gasteiger partial charge in [-0.1, -0.05) is 42.5 Å². The number of nitrogens with one attached hydrogen (secondary N) is 1. The second kappa shape index (κ2) is 9.06. The molecule has 164 valence electrons. The molecule has 7 heteroatoms. The normalized spacial score (nSPS) is 22.0. The van der Waals surface area contributed by atoms with Crippen molar-refractivity contribution in [3.8, 4) is 0 Å². The number of hydrogen-bond donors (Lipinski definition) is 2. The third kappa shape index (κ3) is 5.41. The molecule has 2 aromatic rings. The number of likely N-dealkylation sites (tertiary alicyclic amines) is 1. The van der Waals surface area contributed by atoms with Gasteiger partial charge in [-0.25, -0.2) is 14.0 Å². The average Bonchev–Trinajstić information content (AvgIpc) is 3.57. The van der Waals surface area contributed by atoms with Crippen LogP contribution < -0.4 is 5.32 Å². The molecule has 4 rings (SSSR count). The number of benzene rings is 2. The Morgan fingerprint density at radius 3 is 2.42 bits per heavy atom. The number of ether oxygens (including phenoxy) is 1. The summed E-state index contributed by atoms with van der Waals surface area (Å²) in [6.07, 6.45) is 1.09. The van der Waals surface area contributed by atoms with E-state index in [2.05, 4.69) is 5.32 Å². The molecular weight excluding hydrogens is 399 g/mol. The van der Waals surface area contributed by atoms with Crippen molar-refractivity contribution in [2.75, 3.05) is 19.6 Å². The Morgan fingerprint density at radius 1 is 1.10 bits per heavy atom. The summed E-state index contributed by atoms with van der Waals surface area (Å²) < 4.78 is 20.6. The average molecular weight is 426 g/mol. The zero-order chi connectivity index (χ0) is 21.8. The monoisotopic (exact) mass is 426 g/mol. The van der Waals surface area contributed by atoms with Crippen LogP contribution in [0.15, 0.2) is 54.6 Å². The Kier molecular flexibility index (Phi) is 6.23. The molecule has 0 spiro atoms. The lowest BCUT2D eigenvalue weighted by Crippen LogP contribution is -2.49. The summed E-state index contributed by atoms with van der Waals surface area (Å²) in [5.74, 6) is -0.647. The maximum atomic E-state index is 15.2. The van der Waals surface area contributed by atoms with Crippen LogP contribution in [0.2, 0.25) is 0 Å². The smallest absolute Gasteiger partial charge is 0.410 e. The van der Waals surface area contributed by atoms with Gasteiger partial charge >= 0.3 is 12.1 Å². The van der Waals surface area contributed by atoms with Gasteiger partial charge in [0.05, 0.1) is 5.56 Å². The molecule has 2 aromatic carbocycles. The minimum atomic E-state index is -1.34. The number of nitrogens with zero attached hydrogens (tertiary/aromatic N) is 1. The number of carbonyl (C=O) groups is 2. The highest BCUT2D eigenvalue weighted by molar-refractivity contribution is 5.87. The first-order chi connectivity index (χ1) is 14.9. The topological polar surface area (TPSA) is 78.9 Å². The molecule has 1 heterocycles. The van der Waals surface area contributed by atoms with Crippen molar-refractivity contribution in [3.05, 3.63) is 71.3 Å². The Hall–Kier alpha value is -2.93. The van der Waals surface area contributed by atoms with E-state index < -0.39 is 17.7 Å². The number of rotatable bonds is 7. The number of halogens is 1. The summed E-state index contributed by atoms with van der Waals surface area (Å²) in [4.78, 5) is 24.8. The van der Waals surface area contributed by atoms with Crippen LogP contribution in [0, 0.1) is 0 Å². The lowest BCUT2D eigenvalue weighted by Gasteiger charge is -2.36. The van der Waals surface area contributed by atoms with Crippen LogP contribution in [0.25, 0.3) is 0 Å². The van der Waals surface area contributed by atoms with E-state index in [1.54, 1.807) is 17.0 Å². The molecule has 0 bridgehead atoms. The molecule has 1 aliphatic heterocycles. The van der Waals surface area contributed by atoms with Crippen LogP contribution in [0.5, 0.6) is 0 Å². The molecule has 0 radical (unpaired) electrons. The number of carboxylic acids is 1. The van der Waals surface area contributed by atoms with Crippen molar-refractivity contribution < 1.29 is 23.8 Å². The summed E-state index contributed by atoms with van der Waals surface area (Å²) >= 11 is 0. The Morgan fingerprint density at radius 2 is 1.77 bits per heavy atom. The number of carboxylic acid groups (broad SMARTS) is 1. The second-order valence-corrected chi connectivity index (χ2v) is 8.43. The highest BCUT2D eigenvalue weighted by Gasteiger charge is 2.42. The maximum absolute atomic E-state index is 15.2. The fourth-order valence-electron chi connectivity index (χ4n) is 4.05. The summed E-state index contributed by atoms with van der Waals surface area (Å²) in [5.41, 5.74) is 0.932. The van der Waals surface area contributed by atoms with E-state index in [0.29, 0.717) is 19.0 Å². The van der Waals surface area contributed by atoms with Crippen molar-refractivity contribution in [2.45, 2.75) is 43.5 Å². The molecule has 1 aliphatic carbocycles. The van der Waals surface area contributed by atoms with Crippen LogP contribution in [0.1, 0.15) is 46.7 Å². The zero-order valence-electron chi connectivity index (χ0n) is 17.3. The predicted molar refractivity (Wildman–Crippen MR) is 114 cm³/mol. The highest BCUT2D eigenvalue weighted by atomic mass is 19.1. The van der Waals surface area contributed by atoms with Crippen LogP contribution in [-0.4, -0.2) is 53.4 Å². The lowest BCUT2D eigenvalue weighted by atomic mass is 9.93. The quantitative estimate of drug-likeness (QED) is 0.700. The number of hydrogen-bond acceptors (Lipinski definition) is 4. The molecule has 6 nitrogen and oxygen atoms in total. The standard InChI is InChI=1S/C24H27FN2O4/c25-24(16-26-21-14-20(21)18-6-8-19(9-7-18)22(28)29)10-12-27(13-11-24)23(30)31-15-17-4-2-1-3-5-17/h1-9,20-21,26H,10-16H2,(H,28,29). The SMILES string of the molecule is O=C(O)c1ccc(C2CC2NCC2(F)CCN(C(=O)OCc3ccccc3)CC2)cc1. The van der Waals surface area contributed by atoms with Crippen molar-refractivity contribution in [1.82, 2.24) is 10.2 Å². The lowest BCUT2D eigenvalue weighted by molar-refractivity contribution is 0.0407. The van der Waals surface area contributed by atoms with Gasteiger partial charge in [0.25, 0.3) is 0 Å². The molecule has 0 aromatic heterocycles. The fourth-order valence-corrected chi connectivity index (χ4v) is 4.05. The van der Waals surface area contributed by atoms with E-state index in [0.717, 1.165) is 17.5 Å². The van der Waals surface area contributed by atoms with Gasteiger partial charge < -0.3 is 20.1 Å². The molecule has 31 heavy (non-hydrogen) atoms. The van der Waals surface area contributed by atoms with Crippen LogP contribution in [0.4, 0.5) is 9.18 Å².